The molecule has 0 unspecified atom stereocenters. The van der Waals surface area contributed by atoms with E-state index in [-0.39, 0.29) is 0 Å². The third-order valence-corrected chi connectivity index (χ3v) is 3.96. The van der Waals surface area contributed by atoms with Gasteiger partial charge in [-0.05, 0) is 25.8 Å². The van der Waals surface area contributed by atoms with Gasteiger partial charge in [-0.3, -0.25) is 4.79 Å². The second kappa shape index (κ2) is 6.05. The Balaban J connectivity index is 1.69. The van der Waals surface area contributed by atoms with Crippen molar-refractivity contribution in [3.05, 3.63) is 41.7 Å². The normalized spacial score (nSPS) is 15.8. The summed E-state index contributed by atoms with van der Waals surface area (Å²) in [7, 11) is 0. The molecule has 0 bridgehead atoms. The summed E-state index contributed by atoms with van der Waals surface area (Å²) in [5.41, 5.74) is 6.32. The predicted molar refractivity (Wildman–Crippen MR) is 81.5 cm³/mol. The van der Waals surface area contributed by atoms with Gasteiger partial charge < -0.3 is 10.6 Å². The van der Waals surface area contributed by atoms with Gasteiger partial charge in [-0.15, -0.1) is 0 Å². The molecular weight excluding hydrogens is 280 g/mol. The van der Waals surface area contributed by atoms with Gasteiger partial charge in [0.05, 0.1) is 11.3 Å². The van der Waals surface area contributed by atoms with Crippen molar-refractivity contribution in [1.29, 1.82) is 0 Å². The zero-order chi connectivity index (χ0) is 15.5. The van der Waals surface area contributed by atoms with E-state index < -0.39 is 5.91 Å². The molecule has 1 fully saturated rings. The first-order chi connectivity index (χ1) is 10.6. The van der Waals surface area contributed by atoms with Crippen LogP contribution < -0.4 is 10.6 Å². The molecule has 3 heterocycles. The molecule has 22 heavy (non-hydrogen) atoms. The summed E-state index contributed by atoms with van der Waals surface area (Å²) in [5.74, 6) is 1.36. The van der Waals surface area contributed by atoms with E-state index in [2.05, 4.69) is 24.8 Å². The van der Waals surface area contributed by atoms with Gasteiger partial charge >= 0.3 is 0 Å². The molecule has 0 saturated carbocycles. The highest BCUT2D eigenvalue weighted by Gasteiger charge is 2.24. The Kier molecular flexibility index (Phi) is 3.95. The van der Waals surface area contributed by atoms with Crippen molar-refractivity contribution in [3.8, 4) is 0 Å². The number of aryl methyl sites for hydroxylation is 1. The molecule has 3 rings (SSSR count). The first-order valence-corrected chi connectivity index (χ1v) is 7.30. The van der Waals surface area contributed by atoms with Crippen molar-refractivity contribution in [1.82, 2.24) is 19.9 Å². The fraction of sp³-hybridized carbons (Fsp3) is 0.400. The molecule has 0 radical (unpaired) electrons. The fourth-order valence-corrected chi connectivity index (χ4v) is 2.72. The lowest BCUT2D eigenvalue weighted by molar-refractivity contribution is 0.0999. The van der Waals surface area contributed by atoms with E-state index in [1.807, 2.05) is 6.07 Å². The summed E-state index contributed by atoms with van der Waals surface area (Å²) in [6.45, 7) is 3.53. The molecule has 2 aromatic heterocycles. The molecular formula is C15H18N6O. The summed E-state index contributed by atoms with van der Waals surface area (Å²) in [4.78, 5) is 30.7. The summed E-state index contributed by atoms with van der Waals surface area (Å²) < 4.78 is 0. The van der Waals surface area contributed by atoms with E-state index in [9.17, 15) is 4.79 Å². The van der Waals surface area contributed by atoms with Gasteiger partial charge in [0.25, 0.3) is 5.91 Å². The monoisotopic (exact) mass is 298 g/mol. The van der Waals surface area contributed by atoms with Gasteiger partial charge in [-0.25, -0.2) is 19.9 Å². The molecule has 7 heteroatoms. The van der Waals surface area contributed by atoms with Crippen LogP contribution in [0.15, 0.2) is 24.7 Å². The Hall–Kier alpha value is -2.57. The number of hydrogen-bond donors (Lipinski definition) is 1. The minimum atomic E-state index is -0.486. The number of carbonyl (C=O) groups is 1. The Morgan fingerprint density at radius 2 is 1.91 bits per heavy atom. The molecule has 1 amide bonds. The van der Waals surface area contributed by atoms with Crippen LogP contribution in [0.4, 0.5) is 5.95 Å². The molecule has 0 aliphatic carbocycles. The van der Waals surface area contributed by atoms with Crippen molar-refractivity contribution in [2.75, 3.05) is 18.0 Å². The van der Waals surface area contributed by atoms with Crippen LogP contribution in [0.3, 0.4) is 0 Å². The third kappa shape index (κ3) is 2.88. The number of anilines is 1. The van der Waals surface area contributed by atoms with Gasteiger partial charge in [0.2, 0.25) is 5.95 Å². The Morgan fingerprint density at radius 3 is 2.50 bits per heavy atom. The summed E-state index contributed by atoms with van der Waals surface area (Å²) >= 11 is 0. The molecule has 1 aliphatic rings. The van der Waals surface area contributed by atoms with Gasteiger partial charge in [0.15, 0.2) is 0 Å². The topological polar surface area (TPSA) is 97.9 Å². The van der Waals surface area contributed by atoms with Crippen molar-refractivity contribution in [2.45, 2.75) is 25.7 Å². The number of rotatable bonds is 3. The Morgan fingerprint density at radius 1 is 1.23 bits per heavy atom. The number of primary amides is 1. The molecule has 2 aromatic rings. The zero-order valence-electron chi connectivity index (χ0n) is 12.4. The van der Waals surface area contributed by atoms with E-state index in [0.717, 1.165) is 37.7 Å². The Bertz CT molecular complexity index is 667. The van der Waals surface area contributed by atoms with E-state index >= 15 is 0 Å². The molecule has 7 nitrogen and oxygen atoms in total. The van der Waals surface area contributed by atoms with E-state index in [4.69, 9.17) is 5.73 Å². The predicted octanol–water partition coefficient (Wildman–Crippen LogP) is 1.06. The van der Waals surface area contributed by atoms with Gasteiger partial charge in [0.1, 0.15) is 5.82 Å². The average Bonchev–Trinajstić information content (AvgIpc) is 2.55. The Labute approximate surface area is 128 Å². The third-order valence-electron chi connectivity index (χ3n) is 3.96. The number of amides is 1. The van der Waals surface area contributed by atoms with Crippen LogP contribution in [-0.4, -0.2) is 38.9 Å². The lowest BCUT2D eigenvalue weighted by atomic mass is 9.96. The van der Waals surface area contributed by atoms with E-state index in [1.54, 1.807) is 19.3 Å². The van der Waals surface area contributed by atoms with Crippen molar-refractivity contribution in [2.24, 2.45) is 5.73 Å². The highest BCUT2D eigenvalue weighted by molar-refractivity contribution is 5.93. The first-order valence-electron chi connectivity index (χ1n) is 7.30. The fourth-order valence-electron chi connectivity index (χ4n) is 2.72. The second-order valence-electron chi connectivity index (χ2n) is 5.40. The minimum absolute atomic E-state index is 0.292. The number of nitrogens with zero attached hydrogens (tertiary/aromatic N) is 5. The maximum atomic E-state index is 11.2. The SMILES string of the molecule is Cc1nc(C2CCN(c3ncccn3)CC2)ncc1C(N)=O. The van der Waals surface area contributed by atoms with Gasteiger partial charge in [0, 0.05) is 37.6 Å². The highest BCUT2D eigenvalue weighted by atomic mass is 16.1. The van der Waals surface area contributed by atoms with Crippen molar-refractivity contribution in [3.63, 3.8) is 0 Å². The summed E-state index contributed by atoms with van der Waals surface area (Å²) in [6.07, 6.45) is 6.92. The number of hydrogen-bond acceptors (Lipinski definition) is 6. The van der Waals surface area contributed by atoms with Crippen molar-refractivity contribution < 1.29 is 4.79 Å². The van der Waals surface area contributed by atoms with Crippen LogP contribution in [0.5, 0.6) is 0 Å². The van der Waals surface area contributed by atoms with Crippen LogP contribution in [-0.2, 0) is 0 Å². The molecule has 1 aliphatic heterocycles. The van der Waals surface area contributed by atoms with E-state index in [0.29, 0.717) is 17.2 Å². The average molecular weight is 298 g/mol. The standard InChI is InChI=1S/C15H18N6O/c1-10-12(13(16)22)9-19-14(20-10)11-3-7-21(8-4-11)15-17-5-2-6-18-15/h2,5-6,9,11H,3-4,7-8H2,1H3,(H2,16,22). The van der Waals surface area contributed by atoms with Crippen LogP contribution in [0, 0.1) is 6.92 Å². The van der Waals surface area contributed by atoms with Gasteiger partial charge in [-0.1, -0.05) is 0 Å². The lowest BCUT2D eigenvalue weighted by Crippen LogP contribution is -2.34. The molecule has 0 aromatic carbocycles. The number of carbonyl (C=O) groups excluding carboxylic acids is 1. The number of nitrogens with two attached hydrogens (primary N) is 1. The number of piperidine rings is 1. The summed E-state index contributed by atoms with van der Waals surface area (Å²) in [5, 5.41) is 0. The quantitative estimate of drug-likeness (QED) is 0.909. The smallest absolute Gasteiger partial charge is 0.252 e. The van der Waals surface area contributed by atoms with Crippen molar-refractivity contribution >= 4 is 11.9 Å². The molecule has 114 valence electrons. The minimum Gasteiger partial charge on any atom is -0.365 e. The molecule has 1 saturated heterocycles. The van der Waals surface area contributed by atoms with Crippen LogP contribution in [0.2, 0.25) is 0 Å². The molecule has 0 spiro atoms. The molecule has 2 N–H and O–H groups in total. The lowest BCUT2D eigenvalue weighted by Gasteiger charge is -2.31. The maximum Gasteiger partial charge on any atom is 0.252 e. The highest BCUT2D eigenvalue weighted by Crippen LogP contribution is 2.27. The van der Waals surface area contributed by atoms with E-state index in [1.165, 1.54) is 6.20 Å². The van der Waals surface area contributed by atoms with Crippen LogP contribution >= 0.6 is 0 Å². The first kappa shape index (κ1) is 14.4. The maximum absolute atomic E-state index is 11.2. The number of aromatic nitrogens is 4. The second-order valence-corrected chi connectivity index (χ2v) is 5.40. The largest absolute Gasteiger partial charge is 0.365 e. The summed E-state index contributed by atoms with van der Waals surface area (Å²) in [6, 6.07) is 1.81. The van der Waals surface area contributed by atoms with Crippen LogP contribution in [0.1, 0.15) is 40.6 Å². The zero-order valence-corrected chi connectivity index (χ0v) is 12.4. The molecule has 0 atom stereocenters. The van der Waals surface area contributed by atoms with Gasteiger partial charge in [-0.2, -0.15) is 0 Å². The van der Waals surface area contributed by atoms with Crippen LogP contribution in [0.25, 0.3) is 0 Å².